The Balaban J connectivity index is 3.29. The van der Waals surface area contributed by atoms with E-state index in [0.29, 0.717) is 18.0 Å². The van der Waals surface area contributed by atoms with Crippen LogP contribution in [0.5, 0.6) is 11.5 Å². The van der Waals surface area contributed by atoms with E-state index in [1.165, 1.54) is 0 Å². The highest BCUT2D eigenvalue weighted by molar-refractivity contribution is 9.10. The lowest BCUT2D eigenvalue weighted by Gasteiger charge is -2.15. The van der Waals surface area contributed by atoms with E-state index in [9.17, 15) is 0 Å². The molecule has 0 aliphatic heterocycles. The zero-order valence-corrected chi connectivity index (χ0v) is 10.5. The number of rotatable bonds is 4. The van der Waals surface area contributed by atoms with Crippen LogP contribution in [-0.2, 0) is 6.54 Å². The molecule has 4 nitrogen and oxygen atoms in total. The molecule has 5 heteroatoms. The van der Waals surface area contributed by atoms with Crippen LogP contribution in [0.1, 0.15) is 11.1 Å². The lowest BCUT2D eigenvalue weighted by molar-refractivity contribution is 0.161. The van der Waals surface area contributed by atoms with Gasteiger partial charge in [-0.1, -0.05) is 0 Å². The minimum absolute atomic E-state index is 0.366. The first-order valence-corrected chi connectivity index (χ1v) is 5.21. The van der Waals surface area contributed by atoms with Crippen molar-refractivity contribution >= 4 is 15.9 Å². The highest BCUT2D eigenvalue weighted by atomic mass is 79.9. The SMILES string of the molecule is COc1cc(CNO)c(C)c(Br)c1OC. The van der Waals surface area contributed by atoms with Gasteiger partial charge >= 0.3 is 0 Å². The maximum Gasteiger partial charge on any atom is 0.175 e. The summed E-state index contributed by atoms with van der Waals surface area (Å²) in [5.74, 6) is 1.30. The molecule has 1 rings (SSSR count). The van der Waals surface area contributed by atoms with Gasteiger partial charge in [-0.2, -0.15) is 0 Å². The summed E-state index contributed by atoms with van der Waals surface area (Å²) in [6.07, 6.45) is 0. The monoisotopic (exact) mass is 275 g/mol. The van der Waals surface area contributed by atoms with Crippen molar-refractivity contribution in [3.8, 4) is 11.5 Å². The Hall–Kier alpha value is -0.780. The number of benzene rings is 1. The summed E-state index contributed by atoms with van der Waals surface area (Å²) in [7, 11) is 3.17. The molecule has 0 saturated carbocycles. The van der Waals surface area contributed by atoms with Crippen LogP contribution in [0.2, 0.25) is 0 Å². The fourth-order valence-corrected chi connectivity index (χ4v) is 1.97. The zero-order valence-electron chi connectivity index (χ0n) is 8.93. The third-order valence-corrected chi connectivity index (χ3v) is 3.19. The summed E-state index contributed by atoms with van der Waals surface area (Å²) in [6.45, 7) is 2.31. The lowest BCUT2D eigenvalue weighted by atomic mass is 10.1. The van der Waals surface area contributed by atoms with Crippen LogP contribution in [0.25, 0.3) is 0 Å². The van der Waals surface area contributed by atoms with Gasteiger partial charge in [-0.3, -0.25) is 0 Å². The van der Waals surface area contributed by atoms with E-state index in [4.69, 9.17) is 14.7 Å². The molecule has 0 bridgehead atoms. The number of nitrogens with one attached hydrogen (secondary N) is 1. The summed E-state index contributed by atoms with van der Waals surface area (Å²) in [4.78, 5) is 0. The first kappa shape index (κ1) is 12.3. The molecule has 1 aromatic carbocycles. The van der Waals surface area contributed by atoms with Crippen LogP contribution in [0.15, 0.2) is 10.5 Å². The third kappa shape index (κ3) is 2.42. The predicted octanol–water partition coefficient (Wildman–Crippen LogP) is 2.25. The second kappa shape index (κ2) is 5.34. The van der Waals surface area contributed by atoms with Crippen LogP contribution >= 0.6 is 15.9 Å². The van der Waals surface area contributed by atoms with Gasteiger partial charge in [-0.15, -0.1) is 0 Å². The predicted molar refractivity (Wildman–Crippen MR) is 60.6 cm³/mol. The lowest BCUT2D eigenvalue weighted by Crippen LogP contribution is -2.08. The number of halogens is 1. The van der Waals surface area contributed by atoms with E-state index < -0.39 is 0 Å². The average molecular weight is 276 g/mol. The van der Waals surface area contributed by atoms with Gasteiger partial charge in [-0.05, 0) is 40.0 Å². The van der Waals surface area contributed by atoms with Gasteiger partial charge in [0.25, 0.3) is 0 Å². The van der Waals surface area contributed by atoms with Crippen molar-refractivity contribution in [1.29, 1.82) is 0 Å². The number of hydroxylamine groups is 1. The van der Waals surface area contributed by atoms with Crippen molar-refractivity contribution in [3.63, 3.8) is 0 Å². The first-order chi connectivity index (χ1) is 7.15. The molecule has 0 aliphatic rings. The smallest absolute Gasteiger partial charge is 0.175 e. The molecule has 1 aromatic rings. The Morgan fingerprint density at radius 1 is 1.40 bits per heavy atom. The maximum atomic E-state index is 8.69. The Bertz CT molecular complexity index is 355. The molecule has 0 amide bonds. The first-order valence-electron chi connectivity index (χ1n) is 4.42. The second-order valence-electron chi connectivity index (χ2n) is 3.05. The molecular formula is C10H14BrNO3. The number of hydrogen-bond donors (Lipinski definition) is 2. The Kier molecular flexibility index (Phi) is 4.38. The van der Waals surface area contributed by atoms with Crippen molar-refractivity contribution in [2.75, 3.05) is 14.2 Å². The molecule has 0 radical (unpaired) electrons. The molecule has 0 saturated heterocycles. The summed E-state index contributed by atoms with van der Waals surface area (Å²) < 4.78 is 11.3. The van der Waals surface area contributed by atoms with Crippen molar-refractivity contribution < 1.29 is 14.7 Å². The Morgan fingerprint density at radius 3 is 2.53 bits per heavy atom. The van der Waals surface area contributed by atoms with Crippen molar-refractivity contribution in [2.24, 2.45) is 0 Å². The largest absolute Gasteiger partial charge is 0.493 e. The van der Waals surface area contributed by atoms with Gasteiger partial charge < -0.3 is 14.7 Å². The topological polar surface area (TPSA) is 50.7 Å². The molecule has 2 N–H and O–H groups in total. The minimum atomic E-state index is 0.366. The van der Waals surface area contributed by atoms with Crippen LogP contribution in [-0.4, -0.2) is 19.4 Å². The fourth-order valence-electron chi connectivity index (χ4n) is 1.36. The number of hydrogen-bond acceptors (Lipinski definition) is 4. The van der Waals surface area contributed by atoms with Gasteiger partial charge in [0.05, 0.1) is 18.7 Å². The highest BCUT2D eigenvalue weighted by Crippen LogP contribution is 2.39. The number of methoxy groups -OCH3 is 2. The molecular weight excluding hydrogens is 262 g/mol. The standard InChI is InChI=1S/C10H14BrNO3/c1-6-7(5-12-13)4-8(14-2)10(15-3)9(6)11/h4,12-13H,5H2,1-3H3. The van der Waals surface area contributed by atoms with E-state index in [-0.39, 0.29) is 0 Å². The van der Waals surface area contributed by atoms with Crippen LogP contribution in [0, 0.1) is 6.92 Å². The molecule has 84 valence electrons. The maximum absolute atomic E-state index is 8.69. The summed E-state index contributed by atoms with van der Waals surface area (Å²) in [6, 6.07) is 1.84. The zero-order chi connectivity index (χ0) is 11.4. The molecule has 0 aromatic heterocycles. The Labute approximate surface area is 97.3 Å². The second-order valence-corrected chi connectivity index (χ2v) is 3.84. The van der Waals surface area contributed by atoms with Crippen molar-refractivity contribution in [2.45, 2.75) is 13.5 Å². The highest BCUT2D eigenvalue weighted by Gasteiger charge is 2.14. The molecule has 0 atom stereocenters. The van der Waals surface area contributed by atoms with Gasteiger partial charge in [0, 0.05) is 6.54 Å². The van der Waals surface area contributed by atoms with Gasteiger partial charge in [0.15, 0.2) is 11.5 Å². The van der Waals surface area contributed by atoms with Gasteiger partial charge in [-0.25, -0.2) is 5.48 Å². The molecule has 0 heterocycles. The van der Waals surface area contributed by atoms with Gasteiger partial charge in [0.1, 0.15) is 0 Å². The van der Waals surface area contributed by atoms with Crippen molar-refractivity contribution in [3.05, 3.63) is 21.7 Å². The van der Waals surface area contributed by atoms with E-state index >= 15 is 0 Å². The van der Waals surface area contributed by atoms with Crippen LogP contribution in [0.3, 0.4) is 0 Å². The molecule has 15 heavy (non-hydrogen) atoms. The summed E-state index contributed by atoms with van der Waals surface area (Å²) >= 11 is 3.44. The molecule has 0 aliphatic carbocycles. The average Bonchev–Trinajstić information content (AvgIpc) is 2.24. The Morgan fingerprint density at radius 2 is 2.07 bits per heavy atom. The number of ether oxygens (including phenoxy) is 2. The van der Waals surface area contributed by atoms with E-state index in [1.807, 2.05) is 13.0 Å². The molecule has 0 unspecified atom stereocenters. The van der Waals surface area contributed by atoms with Crippen LogP contribution < -0.4 is 15.0 Å². The third-order valence-electron chi connectivity index (χ3n) is 2.23. The fraction of sp³-hybridized carbons (Fsp3) is 0.400. The van der Waals surface area contributed by atoms with Crippen LogP contribution in [0.4, 0.5) is 0 Å². The van der Waals surface area contributed by atoms with E-state index in [2.05, 4.69) is 21.4 Å². The molecule has 0 fully saturated rings. The normalized spacial score (nSPS) is 10.2. The minimum Gasteiger partial charge on any atom is -0.493 e. The van der Waals surface area contributed by atoms with E-state index in [0.717, 1.165) is 15.6 Å². The van der Waals surface area contributed by atoms with E-state index in [1.54, 1.807) is 14.2 Å². The quantitative estimate of drug-likeness (QED) is 0.828. The summed E-state index contributed by atoms with van der Waals surface area (Å²) in [5.41, 5.74) is 4.08. The van der Waals surface area contributed by atoms with Gasteiger partial charge in [0.2, 0.25) is 0 Å². The summed E-state index contributed by atoms with van der Waals surface area (Å²) in [5, 5.41) is 8.69. The van der Waals surface area contributed by atoms with Crippen molar-refractivity contribution in [1.82, 2.24) is 5.48 Å². The molecule has 0 spiro atoms.